The molecule has 0 spiro atoms. The van der Waals surface area contributed by atoms with E-state index in [1.165, 1.54) is 23.8 Å². The molecule has 1 amide bonds. The Hall–Kier alpha value is -4.80. The predicted molar refractivity (Wildman–Crippen MR) is 136 cm³/mol. The summed E-state index contributed by atoms with van der Waals surface area (Å²) in [5.74, 6) is 0.295. The number of carbonyl (C=O) groups is 1. The predicted octanol–water partition coefficient (Wildman–Crippen LogP) is 7.95. The fraction of sp³-hybridized carbons (Fsp3) is 0.179. The first kappa shape index (κ1) is 27.2. The van der Waals surface area contributed by atoms with Crippen LogP contribution in [0.4, 0.5) is 24.5 Å². The van der Waals surface area contributed by atoms with Crippen molar-refractivity contribution in [3.05, 3.63) is 112 Å². The number of rotatable bonds is 9. The number of halogens is 3. The highest BCUT2D eigenvalue weighted by molar-refractivity contribution is 6.02. The third-order valence-electron chi connectivity index (χ3n) is 5.57. The number of alkyl halides is 3. The Morgan fingerprint density at radius 1 is 0.974 bits per heavy atom. The molecule has 0 saturated carbocycles. The van der Waals surface area contributed by atoms with Gasteiger partial charge >= 0.3 is 6.18 Å². The van der Waals surface area contributed by atoms with Crippen molar-refractivity contribution in [2.75, 3.05) is 5.32 Å². The Labute approximate surface area is 221 Å². The van der Waals surface area contributed by atoms with Gasteiger partial charge in [-0.3, -0.25) is 14.9 Å². The summed E-state index contributed by atoms with van der Waals surface area (Å²) in [6.07, 6.45) is -4.59. The van der Waals surface area contributed by atoms with E-state index in [0.717, 1.165) is 30.3 Å². The summed E-state index contributed by atoms with van der Waals surface area (Å²) in [5, 5.41) is 13.9. The van der Waals surface area contributed by atoms with Crippen LogP contribution in [0.5, 0.6) is 17.2 Å². The Kier molecular flexibility index (Phi) is 7.89. The number of hydrogen-bond donors (Lipinski definition) is 1. The zero-order valence-corrected chi connectivity index (χ0v) is 20.8. The standard InChI is InChI=1S/C28H23F3N2O6/c1-17(2)18-6-8-22(9-7-18)37-16-24-10-11-26(39-24)27(34)32-20-13-21(33(35)36)15-25(14-20)38-23-5-3-4-19(12-23)28(29,30)31/h3-15,17H,16H2,1-2H3,(H,32,34). The summed E-state index contributed by atoms with van der Waals surface area (Å²) in [6.45, 7) is 4.24. The molecule has 1 aromatic heterocycles. The second-order valence-corrected chi connectivity index (χ2v) is 8.83. The number of anilines is 1. The molecule has 4 rings (SSSR count). The van der Waals surface area contributed by atoms with Crippen LogP contribution in [-0.2, 0) is 12.8 Å². The van der Waals surface area contributed by atoms with Crippen molar-refractivity contribution in [1.29, 1.82) is 0 Å². The first-order valence-electron chi connectivity index (χ1n) is 11.8. The van der Waals surface area contributed by atoms with Gasteiger partial charge in [0.05, 0.1) is 22.2 Å². The lowest BCUT2D eigenvalue weighted by Gasteiger charge is -2.11. The largest absolute Gasteiger partial charge is 0.486 e. The van der Waals surface area contributed by atoms with Crippen molar-refractivity contribution in [2.24, 2.45) is 0 Å². The minimum Gasteiger partial charge on any atom is -0.486 e. The van der Waals surface area contributed by atoms with Crippen LogP contribution in [0.3, 0.4) is 0 Å². The lowest BCUT2D eigenvalue weighted by atomic mass is 10.0. The molecule has 0 saturated heterocycles. The van der Waals surface area contributed by atoms with Crippen molar-refractivity contribution < 1.29 is 36.8 Å². The molecule has 0 aliphatic heterocycles. The smallest absolute Gasteiger partial charge is 0.416 e. The van der Waals surface area contributed by atoms with E-state index in [2.05, 4.69) is 19.2 Å². The van der Waals surface area contributed by atoms with Crippen molar-refractivity contribution in [3.63, 3.8) is 0 Å². The Morgan fingerprint density at radius 2 is 1.72 bits per heavy atom. The van der Waals surface area contributed by atoms with E-state index in [1.54, 1.807) is 6.07 Å². The zero-order chi connectivity index (χ0) is 28.2. The molecule has 8 nitrogen and oxygen atoms in total. The molecule has 0 fully saturated rings. The average molecular weight is 540 g/mol. The van der Waals surface area contributed by atoms with E-state index < -0.39 is 28.3 Å². The van der Waals surface area contributed by atoms with Crippen LogP contribution >= 0.6 is 0 Å². The van der Waals surface area contributed by atoms with Crippen molar-refractivity contribution in [1.82, 2.24) is 0 Å². The minimum absolute atomic E-state index is 0.0179. The van der Waals surface area contributed by atoms with Gasteiger partial charge in [-0.25, -0.2) is 0 Å². The summed E-state index contributed by atoms with van der Waals surface area (Å²) in [7, 11) is 0. The maximum absolute atomic E-state index is 13.0. The van der Waals surface area contributed by atoms with Crippen molar-refractivity contribution in [3.8, 4) is 17.2 Å². The second-order valence-electron chi connectivity index (χ2n) is 8.83. The van der Waals surface area contributed by atoms with E-state index in [0.29, 0.717) is 17.4 Å². The maximum atomic E-state index is 13.0. The molecule has 11 heteroatoms. The van der Waals surface area contributed by atoms with Gasteiger partial charge in [0.15, 0.2) is 5.76 Å². The van der Waals surface area contributed by atoms with E-state index in [1.807, 2.05) is 24.3 Å². The van der Waals surface area contributed by atoms with Gasteiger partial charge in [0.1, 0.15) is 29.6 Å². The highest BCUT2D eigenvalue weighted by Crippen LogP contribution is 2.34. The first-order valence-corrected chi connectivity index (χ1v) is 11.8. The van der Waals surface area contributed by atoms with Gasteiger partial charge < -0.3 is 19.2 Å². The zero-order valence-electron chi connectivity index (χ0n) is 20.8. The molecule has 39 heavy (non-hydrogen) atoms. The van der Waals surface area contributed by atoms with E-state index in [9.17, 15) is 28.1 Å². The molecule has 0 atom stereocenters. The molecule has 4 aromatic rings. The Bertz CT molecular complexity index is 1480. The van der Waals surface area contributed by atoms with Crippen molar-refractivity contribution >= 4 is 17.3 Å². The van der Waals surface area contributed by atoms with Crippen LogP contribution in [0.15, 0.2) is 83.3 Å². The summed E-state index contributed by atoms with van der Waals surface area (Å²) in [6, 6.07) is 18.0. The van der Waals surface area contributed by atoms with Crippen LogP contribution in [0, 0.1) is 10.1 Å². The number of hydrogen-bond acceptors (Lipinski definition) is 6. The number of nitro benzene ring substituents is 1. The topological polar surface area (TPSA) is 104 Å². The molecule has 0 radical (unpaired) electrons. The lowest BCUT2D eigenvalue weighted by molar-refractivity contribution is -0.384. The van der Waals surface area contributed by atoms with Crippen LogP contribution < -0.4 is 14.8 Å². The van der Waals surface area contributed by atoms with Gasteiger partial charge in [-0.15, -0.1) is 0 Å². The Morgan fingerprint density at radius 3 is 2.38 bits per heavy atom. The molecule has 1 heterocycles. The fourth-order valence-corrected chi connectivity index (χ4v) is 3.57. The molecule has 0 aliphatic carbocycles. The molecular formula is C28H23F3N2O6. The number of ether oxygens (including phenoxy) is 2. The number of non-ortho nitro benzene ring substituents is 1. The quantitative estimate of drug-likeness (QED) is 0.171. The van der Waals surface area contributed by atoms with Gasteiger partial charge in [-0.2, -0.15) is 13.2 Å². The first-order chi connectivity index (χ1) is 18.5. The monoisotopic (exact) mass is 540 g/mol. The number of nitrogens with zero attached hydrogens (tertiary/aromatic N) is 1. The average Bonchev–Trinajstić information content (AvgIpc) is 3.36. The lowest BCUT2D eigenvalue weighted by Crippen LogP contribution is -2.11. The van der Waals surface area contributed by atoms with Crippen molar-refractivity contribution in [2.45, 2.75) is 32.5 Å². The fourth-order valence-electron chi connectivity index (χ4n) is 3.57. The molecule has 3 aromatic carbocycles. The van der Waals surface area contributed by atoms with Gasteiger partial charge in [-0.05, 0) is 53.9 Å². The number of amides is 1. The summed E-state index contributed by atoms with van der Waals surface area (Å²) in [5.41, 5.74) is -0.226. The number of benzene rings is 3. The number of nitrogens with one attached hydrogen (secondary N) is 1. The van der Waals surface area contributed by atoms with Gasteiger partial charge in [0.25, 0.3) is 11.6 Å². The molecule has 202 valence electrons. The highest BCUT2D eigenvalue weighted by Gasteiger charge is 2.30. The van der Waals surface area contributed by atoms with Crippen LogP contribution in [0.2, 0.25) is 0 Å². The van der Waals surface area contributed by atoms with E-state index in [4.69, 9.17) is 13.9 Å². The molecule has 0 bridgehead atoms. The normalized spacial score (nSPS) is 11.3. The summed E-state index contributed by atoms with van der Waals surface area (Å²) < 4.78 is 55.7. The van der Waals surface area contributed by atoms with Crippen LogP contribution in [-0.4, -0.2) is 10.8 Å². The molecule has 0 aliphatic rings. The third kappa shape index (κ3) is 7.16. The Balaban J connectivity index is 1.45. The maximum Gasteiger partial charge on any atom is 0.416 e. The van der Waals surface area contributed by atoms with Gasteiger partial charge in [0, 0.05) is 12.1 Å². The third-order valence-corrected chi connectivity index (χ3v) is 5.57. The summed E-state index contributed by atoms with van der Waals surface area (Å²) in [4.78, 5) is 23.4. The molecule has 1 N–H and O–H groups in total. The summed E-state index contributed by atoms with van der Waals surface area (Å²) >= 11 is 0. The number of furan rings is 1. The second kappa shape index (κ2) is 11.3. The van der Waals surface area contributed by atoms with Gasteiger partial charge in [0.2, 0.25) is 0 Å². The van der Waals surface area contributed by atoms with Crippen LogP contribution in [0.1, 0.15) is 47.2 Å². The molecular weight excluding hydrogens is 517 g/mol. The van der Waals surface area contributed by atoms with E-state index >= 15 is 0 Å². The van der Waals surface area contributed by atoms with Gasteiger partial charge in [-0.1, -0.05) is 32.0 Å². The molecule has 0 unspecified atom stereocenters. The number of nitro groups is 1. The van der Waals surface area contributed by atoms with Crippen LogP contribution in [0.25, 0.3) is 0 Å². The number of carbonyl (C=O) groups excluding carboxylic acids is 1. The SMILES string of the molecule is CC(C)c1ccc(OCc2ccc(C(=O)Nc3cc(Oc4cccc(C(F)(F)F)c4)cc([N+](=O)[O-])c3)o2)cc1. The highest BCUT2D eigenvalue weighted by atomic mass is 19.4. The minimum atomic E-state index is -4.59. The van der Waals surface area contributed by atoms with E-state index in [-0.39, 0.29) is 29.6 Å².